The zero-order valence-electron chi connectivity index (χ0n) is 12.7. The van der Waals surface area contributed by atoms with E-state index in [2.05, 4.69) is 42.4 Å². The lowest BCUT2D eigenvalue weighted by molar-refractivity contribution is 0.125. The van der Waals surface area contributed by atoms with Crippen LogP contribution in [0.1, 0.15) is 44.1 Å². The van der Waals surface area contributed by atoms with Gasteiger partial charge in [0.2, 0.25) is 0 Å². The largest absolute Gasteiger partial charge is 0.316 e. The molecular weight excluding hydrogens is 252 g/mol. The Kier molecular flexibility index (Phi) is 5.43. The molecule has 3 heteroatoms. The van der Waals surface area contributed by atoms with Gasteiger partial charge >= 0.3 is 0 Å². The Bertz CT molecular complexity index is 382. The molecule has 0 saturated heterocycles. The van der Waals surface area contributed by atoms with E-state index in [1.807, 2.05) is 11.3 Å². The van der Waals surface area contributed by atoms with Crippen LogP contribution in [0.4, 0.5) is 0 Å². The van der Waals surface area contributed by atoms with E-state index in [0.29, 0.717) is 5.41 Å². The molecule has 1 aliphatic rings. The first-order valence-corrected chi connectivity index (χ1v) is 8.59. The second-order valence-corrected chi connectivity index (χ2v) is 6.82. The van der Waals surface area contributed by atoms with Crippen molar-refractivity contribution < 1.29 is 0 Å². The maximum absolute atomic E-state index is 3.57. The lowest BCUT2D eigenvalue weighted by atomic mass is 9.81. The van der Waals surface area contributed by atoms with E-state index >= 15 is 0 Å². The van der Waals surface area contributed by atoms with E-state index in [-0.39, 0.29) is 0 Å². The third kappa shape index (κ3) is 3.59. The van der Waals surface area contributed by atoms with E-state index in [4.69, 9.17) is 0 Å². The van der Waals surface area contributed by atoms with Crippen molar-refractivity contribution in [1.82, 2.24) is 10.2 Å². The highest BCUT2D eigenvalue weighted by molar-refractivity contribution is 7.10. The fraction of sp³-hybridized carbons (Fsp3) is 0.750. The van der Waals surface area contributed by atoms with Crippen LogP contribution in [-0.4, -0.2) is 31.1 Å². The summed E-state index contributed by atoms with van der Waals surface area (Å²) < 4.78 is 0. The maximum atomic E-state index is 3.57. The molecule has 108 valence electrons. The van der Waals surface area contributed by atoms with Crippen LogP contribution < -0.4 is 5.32 Å². The molecule has 0 amide bonds. The smallest absolute Gasteiger partial charge is 0.0245 e. The Morgan fingerprint density at radius 1 is 1.32 bits per heavy atom. The minimum Gasteiger partial charge on any atom is -0.316 e. The average molecular weight is 280 g/mol. The van der Waals surface area contributed by atoms with Crippen LogP contribution in [0.2, 0.25) is 0 Å². The van der Waals surface area contributed by atoms with Gasteiger partial charge in [-0.1, -0.05) is 20.8 Å². The number of rotatable bonds is 7. The third-order valence-corrected chi connectivity index (χ3v) is 5.72. The van der Waals surface area contributed by atoms with Crippen LogP contribution in [0.25, 0.3) is 0 Å². The molecule has 19 heavy (non-hydrogen) atoms. The number of nitrogens with one attached hydrogen (secondary N) is 1. The fourth-order valence-electron chi connectivity index (χ4n) is 3.09. The lowest BCUT2D eigenvalue weighted by Crippen LogP contribution is -2.45. The summed E-state index contributed by atoms with van der Waals surface area (Å²) in [6.07, 6.45) is 3.78. The highest BCUT2D eigenvalue weighted by Gasteiger charge is 2.30. The van der Waals surface area contributed by atoms with Crippen molar-refractivity contribution >= 4 is 11.3 Å². The van der Waals surface area contributed by atoms with Crippen molar-refractivity contribution in [2.24, 2.45) is 5.41 Å². The standard InChI is InChI=1S/C16H28N2S/c1-4-16(5-2,12-17-6-3)13-18-9-7-15-14(11-18)8-10-19-15/h8,10,17H,4-7,9,11-13H2,1-3H3. The molecule has 0 unspecified atom stereocenters. The van der Waals surface area contributed by atoms with Gasteiger partial charge in [-0.3, -0.25) is 4.90 Å². The first-order valence-electron chi connectivity index (χ1n) is 7.71. The van der Waals surface area contributed by atoms with Gasteiger partial charge in [0.1, 0.15) is 0 Å². The monoisotopic (exact) mass is 280 g/mol. The SMILES string of the molecule is CCNCC(CC)(CC)CN1CCc2sccc2C1. The summed E-state index contributed by atoms with van der Waals surface area (Å²) in [4.78, 5) is 4.28. The zero-order chi connectivity index (χ0) is 13.7. The Morgan fingerprint density at radius 3 is 2.79 bits per heavy atom. The normalized spacial score (nSPS) is 16.6. The summed E-state index contributed by atoms with van der Waals surface area (Å²) >= 11 is 1.93. The molecule has 1 aromatic heterocycles. The molecule has 0 radical (unpaired) electrons. The molecular formula is C16H28N2S. The van der Waals surface area contributed by atoms with Crippen molar-refractivity contribution in [2.45, 2.75) is 46.6 Å². The minimum absolute atomic E-state index is 0.448. The Morgan fingerprint density at radius 2 is 2.11 bits per heavy atom. The van der Waals surface area contributed by atoms with Crippen LogP contribution in [0.5, 0.6) is 0 Å². The first-order chi connectivity index (χ1) is 9.23. The average Bonchev–Trinajstić information content (AvgIpc) is 2.91. The molecule has 1 aliphatic heterocycles. The van der Waals surface area contributed by atoms with Gasteiger partial charge in [0.15, 0.2) is 0 Å². The second kappa shape index (κ2) is 6.87. The van der Waals surface area contributed by atoms with Gasteiger partial charge in [0, 0.05) is 31.1 Å². The summed E-state index contributed by atoms with van der Waals surface area (Å²) in [5.41, 5.74) is 2.02. The van der Waals surface area contributed by atoms with Gasteiger partial charge in [-0.2, -0.15) is 0 Å². The van der Waals surface area contributed by atoms with E-state index in [0.717, 1.165) is 19.6 Å². The molecule has 2 nitrogen and oxygen atoms in total. The summed E-state index contributed by atoms with van der Waals surface area (Å²) in [5.74, 6) is 0. The molecule has 0 bridgehead atoms. The molecule has 0 aromatic carbocycles. The Balaban J connectivity index is 1.98. The summed E-state index contributed by atoms with van der Waals surface area (Å²) in [6, 6.07) is 2.32. The van der Waals surface area contributed by atoms with Crippen molar-refractivity contribution in [2.75, 3.05) is 26.2 Å². The summed E-state index contributed by atoms with van der Waals surface area (Å²) in [6.45, 7) is 12.8. The molecule has 2 rings (SSSR count). The van der Waals surface area contributed by atoms with Gasteiger partial charge in [-0.15, -0.1) is 11.3 Å². The van der Waals surface area contributed by atoms with E-state index in [1.165, 1.54) is 32.4 Å². The molecule has 1 N–H and O–H groups in total. The highest BCUT2D eigenvalue weighted by Crippen LogP contribution is 2.30. The van der Waals surface area contributed by atoms with Crippen molar-refractivity contribution in [3.05, 3.63) is 21.9 Å². The van der Waals surface area contributed by atoms with Crippen LogP contribution >= 0.6 is 11.3 Å². The van der Waals surface area contributed by atoms with Gasteiger partial charge in [0.25, 0.3) is 0 Å². The second-order valence-electron chi connectivity index (χ2n) is 5.82. The molecule has 0 atom stereocenters. The number of fused-ring (bicyclic) bond motifs is 1. The summed E-state index contributed by atoms with van der Waals surface area (Å²) in [7, 11) is 0. The van der Waals surface area contributed by atoms with Crippen LogP contribution in [0.3, 0.4) is 0 Å². The van der Waals surface area contributed by atoms with E-state index < -0.39 is 0 Å². The third-order valence-electron chi connectivity index (χ3n) is 4.70. The Hall–Kier alpha value is -0.380. The van der Waals surface area contributed by atoms with Crippen LogP contribution in [0.15, 0.2) is 11.4 Å². The van der Waals surface area contributed by atoms with Gasteiger partial charge < -0.3 is 5.32 Å². The zero-order valence-corrected chi connectivity index (χ0v) is 13.5. The molecule has 2 heterocycles. The van der Waals surface area contributed by atoms with Crippen LogP contribution in [-0.2, 0) is 13.0 Å². The number of hydrogen-bond donors (Lipinski definition) is 1. The topological polar surface area (TPSA) is 15.3 Å². The first kappa shape index (κ1) is 15.0. The van der Waals surface area contributed by atoms with Gasteiger partial charge in [0.05, 0.1) is 0 Å². The quantitative estimate of drug-likeness (QED) is 0.822. The van der Waals surface area contributed by atoms with Crippen molar-refractivity contribution in [3.63, 3.8) is 0 Å². The van der Waals surface area contributed by atoms with Gasteiger partial charge in [-0.25, -0.2) is 0 Å². The maximum Gasteiger partial charge on any atom is 0.0245 e. The molecule has 0 fully saturated rings. The fourth-order valence-corrected chi connectivity index (χ4v) is 3.98. The molecule has 1 aromatic rings. The van der Waals surface area contributed by atoms with Gasteiger partial charge in [-0.05, 0) is 48.2 Å². The van der Waals surface area contributed by atoms with E-state index in [9.17, 15) is 0 Å². The number of nitrogens with zero attached hydrogens (tertiary/aromatic N) is 1. The summed E-state index contributed by atoms with van der Waals surface area (Å²) in [5, 5.41) is 5.82. The van der Waals surface area contributed by atoms with Crippen molar-refractivity contribution in [1.29, 1.82) is 0 Å². The minimum atomic E-state index is 0.448. The molecule has 0 aliphatic carbocycles. The highest BCUT2D eigenvalue weighted by atomic mass is 32.1. The molecule has 0 spiro atoms. The predicted molar refractivity (Wildman–Crippen MR) is 84.9 cm³/mol. The van der Waals surface area contributed by atoms with Crippen molar-refractivity contribution in [3.8, 4) is 0 Å². The van der Waals surface area contributed by atoms with E-state index in [1.54, 1.807) is 10.4 Å². The Labute approximate surface area is 122 Å². The molecule has 0 saturated carbocycles. The van der Waals surface area contributed by atoms with Crippen LogP contribution in [0, 0.1) is 5.41 Å². The number of thiophene rings is 1. The lowest BCUT2D eigenvalue weighted by Gasteiger charge is -2.39. The number of hydrogen-bond acceptors (Lipinski definition) is 3. The predicted octanol–water partition coefficient (Wildman–Crippen LogP) is 3.52.